The molecule has 0 spiro atoms. The molecule has 1 aliphatic rings. The lowest BCUT2D eigenvalue weighted by molar-refractivity contribution is 0.193. The van der Waals surface area contributed by atoms with E-state index in [4.69, 9.17) is 15.1 Å². The van der Waals surface area contributed by atoms with Gasteiger partial charge in [0.25, 0.3) is 0 Å². The summed E-state index contributed by atoms with van der Waals surface area (Å²) < 4.78 is 21.1. The smallest absolute Gasteiger partial charge is 0.404 e. The van der Waals surface area contributed by atoms with Gasteiger partial charge in [-0.25, -0.2) is 13.9 Å². The number of ether oxygens (including phenoxy) is 1. The third kappa shape index (κ3) is 4.43. The van der Waals surface area contributed by atoms with E-state index in [9.17, 15) is 9.18 Å². The van der Waals surface area contributed by atoms with Crippen LogP contribution < -0.4 is 15.4 Å². The van der Waals surface area contributed by atoms with Gasteiger partial charge in [0.1, 0.15) is 23.5 Å². The number of methoxy groups -OCH3 is 1. The van der Waals surface area contributed by atoms with E-state index >= 15 is 0 Å². The minimum atomic E-state index is -1.03. The number of nitriles is 1. The Labute approximate surface area is 177 Å². The molecular weight excluding hydrogens is 401 g/mol. The second-order valence-corrected chi connectivity index (χ2v) is 7.26. The van der Waals surface area contributed by atoms with Crippen molar-refractivity contribution in [2.75, 3.05) is 19.0 Å². The maximum Gasteiger partial charge on any atom is 0.404 e. The van der Waals surface area contributed by atoms with Crippen LogP contribution in [0.1, 0.15) is 12.0 Å². The second-order valence-electron chi connectivity index (χ2n) is 7.26. The average molecular weight is 421 g/mol. The molecule has 1 amide bonds. The standard InChI is InChI=1S/C22H20FN5O3/c1-31-17-6-4-16(5-7-17)28-20(13-2-3-14(11-24)18(23)8-13)10-21(27-28)25-12-15-9-19(15)26-22(29)30/h2-8,10,15,19,26H,9,12H2,1H3,(H,25,27)(H,29,30). The molecule has 0 radical (unpaired) electrons. The predicted molar refractivity (Wildman–Crippen MR) is 112 cm³/mol. The number of hydrogen-bond acceptors (Lipinski definition) is 5. The van der Waals surface area contributed by atoms with Crippen LogP contribution in [0.5, 0.6) is 5.75 Å². The predicted octanol–water partition coefficient (Wildman–Crippen LogP) is 3.63. The van der Waals surface area contributed by atoms with Crippen LogP contribution in [0.15, 0.2) is 48.5 Å². The number of halogens is 1. The van der Waals surface area contributed by atoms with Gasteiger partial charge in [-0.15, -0.1) is 5.10 Å². The number of rotatable bonds is 7. The molecule has 3 aromatic rings. The Morgan fingerprint density at radius 1 is 1.32 bits per heavy atom. The van der Waals surface area contributed by atoms with Gasteiger partial charge in [0.05, 0.1) is 24.1 Å². The summed E-state index contributed by atoms with van der Waals surface area (Å²) >= 11 is 0. The van der Waals surface area contributed by atoms with Crippen LogP contribution in [-0.2, 0) is 0 Å². The highest BCUT2D eigenvalue weighted by Gasteiger charge is 2.38. The van der Waals surface area contributed by atoms with Crippen molar-refractivity contribution in [2.24, 2.45) is 5.92 Å². The quantitative estimate of drug-likeness (QED) is 0.537. The zero-order valence-corrected chi connectivity index (χ0v) is 16.7. The van der Waals surface area contributed by atoms with E-state index in [0.717, 1.165) is 12.1 Å². The Balaban J connectivity index is 1.62. The molecule has 31 heavy (non-hydrogen) atoms. The molecule has 0 bridgehead atoms. The number of nitrogens with zero attached hydrogens (tertiary/aromatic N) is 3. The van der Waals surface area contributed by atoms with E-state index in [2.05, 4.69) is 15.7 Å². The Hall–Kier alpha value is -4.06. The van der Waals surface area contributed by atoms with Crippen molar-refractivity contribution in [1.82, 2.24) is 15.1 Å². The highest BCUT2D eigenvalue weighted by atomic mass is 19.1. The van der Waals surface area contributed by atoms with Gasteiger partial charge >= 0.3 is 6.09 Å². The Morgan fingerprint density at radius 3 is 2.74 bits per heavy atom. The van der Waals surface area contributed by atoms with Gasteiger partial charge in [-0.1, -0.05) is 6.07 Å². The zero-order chi connectivity index (χ0) is 22.0. The number of carboxylic acid groups (broad SMARTS) is 1. The number of anilines is 1. The highest BCUT2D eigenvalue weighted by Crippen LogP contribution is 2.32. The Kier molecular flexibility index (Phi) is 5.45. The molecule has 1 aromatic heterocycles. The SMILES string of the molecule is COc1ccc(-n2nc(NCC3CC3NC(=O)O)cc2-c2ccc(C#N)c(F)c2)cc1. The zero-order valence-electron chi connectivity index (χ0n) is 16.7. The van der Waals surface area contributed by atoms with E-state index in [1.807, 2.05) is 18.2 Å². The molecule has 2 aromatic carbocycles. The number of carbonyl (C=O) groups is 1. The Morgan fingerprint density at radius 2 is 2.10 bits per heavy atom. The van der Waals surface area contributed by atoms with E-state index in [-0.39, 0.29) is 17.5 Å². The van der Waals surface area contributed by atoms with Gasteiger partial charge in [0, 0.05) is 24.2 Å². The summed E-state index contributed by atoms with van der Waals surface area (Å²) in [6, 6.07) is 15.3. The van der Waals surface area contributed by atoms with Crippen LogP contribution in [-0.4, -0.2) is 40.7 Å². The summed E-state index contributed by atoms with van der Waals surface area (Å²) in [7, 11) is 1.58. The summed E-state index contributed by atoms with van der Waals surface area (Å²) in [4.78, 5) is 10.7. The summed E-state index contributed by atoms with van der Waals surface area (Å²) in [5.74, 6) is 0.873. The fraction of sp³-hybridized carbons (Fsp3) is 0.227. The van der Waals surface area contributed by atoms with Crippen molar-refractivity contribution in [2.45, 2.75) is 12.5 Å². The van der Waals surface area contributed by atoms with Crippen LogP contribution in [0.2, 0.25) is 0 Å². The van der Waals surface area contributed by atoms with Crippen LogP contribution in [0.4, 0.5) is 15.0 Å². The van der Waals surface area contributed by atoms with E-state index in [0.29, 0.717) is 29.4 Å². The first-order valence-corrected chi connectivity index (χ1v) is 9.66. The van der Waals surface area contributed by atoms with Crippen molar-refractivity contribution >= 4 is 11.9 Å². The molecule has 9 heteroatoms. The second kappa shape index (κ2) is 8.36. The maximum absolute atomic E-state index is 14.2. The monoisotopic (exact) mass is 421 g/mol. The number of amides is 1. The minimum absolute atomic E-state index is 0.0247. The number of nitrogens with one attached hydrogen (secondary N) is 2. The van der Waals surface area contributed by atoms with E-state index < -0.39 is 11.9 Å². The van der Waals surface area contributed by atoms with Crippen molar-refractivity contribution in [3.05, 3.63) is 59.9 Å². The molecule has 4 rings (SSSR count). The largest absolute Gasteiger partial charge is 0.497 e. The van der Waals surface area contributed by atoms with Crippen LogP contribution >= 0.6 is 0 Å². The highest BCUT2D eigenvalue weighted by molar-refractivity contribution is 5.67. The van der Waals surface area contributed by atoms with Crippen molar-refractivity contribution in [1.29, 1.82) is 5.26 Å². The molecule has 1 aliphatic carbocycles. The van der Waals surface area contributed by atoms with Gasteiger partial charge < -0.3 is 20.5 Å². The van der Waals surface area contributed by atoms with Crippen LogP contribution in [0, 0.1) is 23.1 Å². The minimum Gasteiger partial charge on any atom is -0.497 e. The fourth-order valence-electron chi connectivity index (χ4n) is 3.40. The van der Waals surface area contributed by atoms with Gasteiger partial charge in [-0.05, 0) is 48.7 Å². The topological polar surface area (TPSA) is 112 Å². The lowest BCUT2D eigenvalue weighted by atomic mass is 10.1. The molecule has 2 unspecified atom stereocenters. The summed E-state index contributed by atoms with van der Waals surface area (Å²) in [5.41, 5.74) is 1.95. The lowest BCUT2D eigenvalue weighted by Crippen LogP contribution is -2.25. The average Bonchev–Trinajstić information content (AvgIpc) is 3.35. The van der Waals surface area contributed by atoms with Crippen LogP contribution in [0.25, 0.3) is 16.9 Å². The van der Waals surface area contributed by atoms with Crippen molar-refractivity contribution in [3.8, 4) is 28.8 Å². The third-order valence-electron chi connectivity index (χ3n) is 5.19. The summed E-state index contributed by atoms with van der Waals surface area (Å²) in [6.07, 6.45) is -0.256. The fourth-order valence-corrected chi connectivity index (χ4v) is 3.40. The molecule has 0 aliphatic heterocycles. The molecule has 1 fully saturated rings. The summed E-state index contributed by atoms with van der Waals surface area (Å²) in [5, 5.41) is 28.1. The molecule has 8 nitrogen and oxygen atoms in total. The molecule has 0 saturated heterocycles. The first kappa shape index (κ1) is 20.2. The number of hydrogen-bond donors (Lipinski definition) is 3. The van der Waals surface area contributed by atoms with Crippen molar-refractivity contribution in [3.63, 3.8) is 0 Å². The first-order valence-electron chi connectivity index (χ1n) is 9.66. The summed E-state index contributed by atoms with van der Waals surface area (Å²) in [6.45, 7) is 0.561. The van der Waals surface area contributed by atoms with Gasteiger partial charge in [0.2, 0.25) is 0 Å². The van der Waals surface area contributed by atoms with Crippen LogP contribution in [0.3, 0.4) is 0 Å². The molecule has 158 valence electrons. The van der Waals surface area contributed by atoms with Gasteiger partial charge in [-0.2, -0.15) is 5.26 Å². The van der Waals surface area contributed by atoms with Crippen molar-refractivity contribution < 1.29 is 19.0 Å². The molecule has 1 saturated carbocycles. The third-order valence-corrected chi connectivity index (χ3v) is 5.19. The normalized spacial score (nSPS) is 16.9. The molecule has 2 atom stereocenters. The van der Waals surface area contributed by atoms with Gasteiger partial charge in [0.15, 0.2) is 0 Å². The first-order chi connectivity index (χ1) is 15.0. The Bertz CT molecular complexity index is 1150. The molecular formula is C22H20FN5O3. The molecule has 1 heterocycles. The van der Waals surface area contributed by atoms with Gasteiger partial charge in [-0.3, -0.25) is 0 Å². The molecule has 3 N–H and O–H groups in total. The maximum atomic E-state index is 14.2. The number of benzene rings is 2. The van der Waals surface area contributed by atoms with E-state index in [1.165, 1.54) is 12.1 Å². The van der Waals surface area contributed by atoms with E-state index in [1.54, 1.807) is 36.1 Å². The number of aromatic nitrogens is 2. The lowest BCUT2D eigenvalue weighted by Gasteiger charge is -2.09.